The first-order valence-corrected chi connectivity index (χ1v) is 5.03. The quantitative estimate of drug-likeness (QED) is 0.568. The first-order valence-electron chi connectivity index (χ1n) is 5.03. The molecule has 12 heavy (non-hydrogen) atoms. The fourth-order valence-electron chi connectivity index (χ4n) is 1.21. The first kappa shape index (κ1) is 11.9. The van der Waals surface area contributed by atoms with Crippen LogP contribution in [0.2, 0.25) is 0 Å². The third-order valence-corrected chi connectivity index (χ3v) is 1.94. The molecule has 0 aliphatic carbocycles. The minimum atomic E-state index is 0.497. The van der Waals surface area contributed by atoms with Gasteiger partial charge in [0.15, 0.2) is 0 Å². The molecule has 0 radical (unpaired) electrons. The van der Waals surface area contributed by atoms with Gasteiger partial charge in [-0.15, -0.1) is 0 Å². The van der Waals surface area contributed by atoms with Crippen molar-refractivity contribution in [3.05, 3.63) is 0 Å². The van der Waals surface area contributed by atoms with Gasteiger partial charge in [0.2, 0.25) is 0 Å². The molecule has 0 aromatic carbocycles. The van der Waals surface area contributed by atoms with Gasteiger partial charge in [-0.05, 0) is 19.9 Å². The van der Waals surface area contributed by atoms with Gasteiger partial charge in [-0.1, -0.05) is 26.2 Å². The van der Waals surface area contributed by atoms with Gasteiger partial charge in [-0.25, -0.2) is 0 Å². The molecule has 0 aromatic heterocycles. The predicted molar refractivity (Wildman–Crippen MR) is 53.5 cm³/mol. The van der Waals surface area contributed by atoms with Crippen molar-refractivity contribution in [2.45, 2.75) is 45.6 Å². The molecule has 0 spiro atoms. The zero-order valence-electron chi connectivity index (χ0n) is 8.73. The van der Waals surface area contributed by atoms with Crippen molar-refractivity contribution in [3.63, 3.8) is 0 Å². The van der Waals surface area contributed by atoms with Crippen molar-refractivity contribution < 1.29 is 4.74 Å². The van der Waals surface area contributed by atoms with Gasteiger partial charge in [0.25, 0.3) is 0 Å². The molecule has 0 heterocycles. The average molecular weight is 173 g/mol. The lowest BCUT2D eigenvalue weighted by molar-refractivity contribution is 0.172. The molecule has 2 heteroatoms. The van der Waals surface area contributed by atoms with E-state index >= 15 is 0 Å². The summed E-state index contributed by atoms with van der Waals surface area (Å²) in [5.41, 5.74) is 0. The fourth-order valence-corrected chi connectivity index (χ4v) is 1.21. The number of hydrogen-bond acceptors (Lipinski definition) is 2. The van der Waals surface area contributed by atoms with Crippen LogP contribution in [0.4, 0.5) is 0 Å². The minimum Gasteiger partial charge on any atom is -0.383 e. The molecule has 1 atom stereocenters. The lowest BCUT2D eigenvalue weighted by Gasteiger charge is -2.11. The van der Waals surface area contributed by atoms with Crippen molar-refractivity contribution >= 4 is 0 Å². The van der Waals surface area contributed by atoms with Gasteiger partial charge < -0.3 is 10.1 Å². The van der Waals surface area contributed by atoms with Crippen molar-refractivity contribution in [2.24, 2.45) is 0 Å². The fraction of sp³-hybridized carbons (Fsp3) is 1.00. The molecule has 0 saturated carbocycles. The van der Waals surface area contributed by atoms with Crippen LogP contribution in [0, 0.1) is 0 Å². The number of ether oxygens (including phenoxy) is 1. The summed E-state index contributed by atoms with van der Waals surface area (Å²) in [6.45, 7) is 6.34. The van der Waals surface area contributed by atoms with E-state index < -0.39 is 0 Å². The second-order valence-electron chi connectivity index (χ2n) is 3.37. The third-order valence-electron chi connectivity index (χ3n) is 1.94. The third kappa shape index (κ3) is 8.02. The highest BCUT2D eigenvalue weighted by atomic mass is 16.5. The largest absolute Gasteiger partial charge is 0.383 e. The lowest BCUT2D eigenvalue weighted by atomic mass is 10.2. The van der Waals surface area contributed by atoms with E-state index in [0.29, 0.717) is 6.04 Å². The number of rotatable bonds is 8. The maximum Gasteiger partial charge on any atom is 0.0613 e. The molecular formula is C10H23NO. The molecule has 0 aliphatic heterocycles. The van der Waals surface area contributed by atoms with Crippen LogP contribution in [0.1, 0.15) is 39.5 Å². The van der Waals surface area contributed by atoms with Crippen LogP contribution in [-0.4, -0.2) is 26.3 Å². The van der Waals surface area contributed by atoms with Crippen LogP contribution >= 0.6 is 0 Å². The Morgan fingerprint density at radius 3 is 2.58 bits per heavy atom. The summed E-state index contributed by atoms with van der Waals surface area (Å²) in [5, 5.41) is 3.42. The molecule has 0 bridgehead atoms. The van der Waals surface area contributed by atoms with Gasteiger partial charge in [-0.3, -0.25) is 0 Å². The highest BCUT2D eigenvalue weighted by Gasteiger charge is 1.97. The molecular weight excluding hydrogens is 150 g/mol. The van der Waals surface area contributed by atoms with Crippen molar-refractivity contribution in [1.82, 2.24) is 5.32 Å². The lowest BCUT2D eigenvalue weighted by Crippen LogP contribution is -2.30. The van der Waals surface area contributed by atoms with Gasteiger partial charge in [0.1, 0.15) is 0 Å². The molecule has 0 aliphatic rings. The molecule has 0 amide bonds. The van der Waals surface area contributed by atoms with E-state index in [1.165, 1.54) is 25.7 Å². The summed E-state index contributed by atoms with van der Waals surface area (Å²) >= 11 is 0. The Morgan fingerprint density at radius 1 is 1.25 bits per heavy atom. The summed E-state index contributed by atoms with van der Waals surface area (Å²) in [6.07, 6.45) is 5.32. The Labute approximate surface area is 76.7 Å². The average Bonchev–Trinajstić information content (AvgIpc) is 2.05. The predicted octanol–water partition coefficient (Wildman–Crippen LogP) is 2.19. The van der Waals surface area contributed by atoms with Crippen molar-refractivity contribution in [2.75, 3.05) is 20.3 Å². The van der Waals surface area contributed by atoms with Gasteiger partial charge in [0, 0.05) is 13.2 Å². The van der Waals surface area contributed by atoms with Gasteiger partial charge in [-0.2, -0.15) is 0 Å². The monoisotopic (exact) mass is 173 g/mol. The van der Waals surface area contributed by atoms with Crippen LogP contribution < -0.4 is 5.32 Å². The van der Waals surface area contributed by atoms with Crippen LogP contribution in [-0.2, 0) is 4.74 Å². The van der Waals surface area contributed by atoms with E-state index in [1.807, 2.05) is 0 Å². The second-order valence-corrected chi connectivity index (χ2v) is 3.37. The van der Waals surface area contributed by atoms with E-state index in [1.54, 1.807) is 7.11 Å². The van der Waals surface area contributed by atoms with E-state index in [0.717, 1.165) is 13.2 Å². The Kier molecular flexibility index (Phi) is 8.95. The maximum absolute atomic E-state index is 5.02. The maximum atomic E-state index is 5.02. The number of unbranched alkanes of at least 4 members (excludes halogenated alkanes) is 3. The number of nitrogens with one attached hydrogen (secondary N) is 1. The van der Waals surface area contributed by atoms with E-state index in [4.69, 9.17) is 4.74 Å². The minimum absolute atomic E-state index is 0.497. The van der Waals surface area contributed by atoms with E-state index in [-0.39, 0.29) is 0 Å². The van der Waals surface area contributed by atoms with Crippen LogP contribution in [0.15, 0.2) is 0 Å². The smallest absolute Gasteiger partial charge is 0.0613 e. The van der Waals surface area contributed by atoms with Gasteiger partial charge in [0.05, 0.1) is 6.61 Å². The Morgan fingerprint density at radius 2 is 2.00 bits per heavy atom. The molecule has 0 saturated heterocycles. The second kappa shape index (κ2) is 9.01. The number of hydrogen-bond donors (Lipinski definition) is 1. The highest BCUT2D eigenvalue weighted by molar-refractivity contribution is 4.58. The zero-order valence-corrected chi connectivity index (χ0v) is 8.73. The Bertz CT molecular complexity index is 85.9. The standard InChI is InChI=1S/C10H23NO/c1-4-5-6-7-8-11-10(2)9-12-3/h10-11H,4-9H2,1-3H3. The van der Waals surface area contributed by atoms with Crippen LogP contribution in [0.5, 0.6) is 0 Å². The SMILES string of the molecule is CCCCCCNC(C)COC. The molecule has 1 N–H and O–H groups in total. The first-order chi connectivity index (χ1) is 5.81. The van der Waals surface area contributed by atoms with E-state index in [2.05, 4.69) is 19.2 Å². The van der Waals surface area contributed by atoms with Crippen molar-refractivity contribution in [3.8, 4) is 0 Å². The Hall–Kier alpha value is -0.0800. The normalized spacial score (nSPS) is 13.2. The molecule has 0 aromatic rings. The topological polar surface area (TPSA) is 21.3 Å². The summed E-state index contributed by atoms with van der Waals surface area (Å²) in [4.78, 5) is 0. The zero-order chi connectivity index (χ0) is 9.23. The molecule has 0 fully saturated rings. The van der Waals surface area contributed by atoms with E-state index in [9.17, 15) is 0 Å². The summed E-state index contributed by atoms with van der Waals surface area (Å²) in [5.74, 6) is 0. The van der Waals surface area contributed by atoms with Crippen LogP contribution in [0.25, 0.3) is 0 Å². The number of methoxy groups -OCH3 is 1. The molecule has 2 nitrogen and oxygen atoms in total. The summed E-state index contributed by atoms with van der Waals surface area (Å²) in [7, 11) is 1.75. The molecule has 74 valence electrons. The summed E-state index contributed by atoms with van der Waals surface area (Å²) in [6, 6.07) is 0.497. The van der Waals surface area contributed by atoms with Crippen LogP contribution in [0.3, 0.4) is 0 Å². The van der Waals surface area contributed by atoms with Crippen molar-refractivity contribution in [1.29, 1.82) is 0 Å². The Balaban J connectivity index is 2.97. The van der Waals surface area contributed by atoms with Gasteiger partial charge >= 0.3 is 0 Å². The summed E-state index contributed by atoms with van der Waals surface area (Å²) < 4.78 is 5.02. The molecule has 1 unspecified atom stereocenters. The molecule has 0 rings (SSSR count). The highest BCUT2D eigenvalue weighted by Crippen LogP contribution is 1.97.